The maximum absolute atomic E-state index is 9.27. The topological polar surface area (TPSA) is 73.3 Å². The van der Waals surface area contributed by atoms with Crippen LogP contribution in [0.5, 0.6) is 11.6 Å². The predicted octanol–water partition coefficient (Wildman–Crippen LogP) is 1.54. The van der Waals surface area contributed by atoms with Gasteiger partial charge in [0, 0.05) is 5.56 Å². The molecule has 0 fully saturated rings. The summed E-state index contributed by atoms with van der Waals surface area (Å²) in [7, 11) is 1.65. The van der Waals surface area contributed by atoms with Crippen LogP contribution in [0.4, 0.5) is 0 Å². The zero-order valence-corrected chi connectivity index (χ0v) is 11.0. The Balaban J connectivity index is 2.15. The second-order valence-electron chi connectivity index (χ2n) is 4.40. The molecule has 19 heavy (non-hydrogen) atoms. The maximum atomic E-state index is 9.27. The lowest BCUT2D eigenvalue weighted by Gasteiger charge is -2.08. The van der Waals surface area contributed by atoms with Crippen molar-refractivity contribution in [3.05, 3.63) is 41.6 Å². The molecule has 0 unspecified atom stereocenters. The standard InChI is InChI=1S/C14H19N3O2/c1-19-14-12(3-2-8-15)9-16-17(14)10-11-4-6-13(18)7-5-11/h4-7,9,18H,2-3,8,10,15H2,1H3. The third-order valence-electron chi connectivity index (χ3n) is 2.97. The lowest BCUT2D eigenvalue weighted by Crippen LogP contribution is -2.05. The van der Waals surface area contributed by atoms with Crippen molar-refractivity contribution in [2.45, 2.75) is 19.4 Å². The van der Waals surface area contributed by atoms with E-state index in [4.69, 9.17) is 10.5 Å². The van der Waals surface area contributed by atoms with Gasteiger partial charge in [0.15, 0.2) is 0 Å². The summed E-state index contributed by atoms with van der Waals surface area (Å²) in [6.07, 6.45) is 3.62. The van der Waals surface area contributed by atoms with Crippen LogP contribution in [0.3, 0.4) is 0 Å². The molecular formula is C14H19N3O2. The fraction of sp³-hybridized carbons (Fsp3) is 0.357. The van der Waals surface area contributed by atoms with Crippen LogP contribution in [0, 0.1) is 0 Å². The van der Waals surface area contributed by atoms with E-state index in [0.717, 1.165) is 29.8 Å². The number of aromatic nitrogens is 2. The molecule has 3 N–H and O–H groups in total. The molecule has 0 atom stereocenters. The van der Waals surface area contributed by atoms with Crippen molar-refractivity contribution in [2.24, 2.45) is 5.73 Å². The molecule has 0 amide bonds. The van der Waals surface area contributed by atoms with Gasteiger partial charge in [0.2, 0.25) is 5.88 Å². The zero-order chi connectivity index (χ0) is 13.7. The van der Waals surface area contributed by atoms with Crippen molar-refractivity contribution in [1.82, 2.24) is 9.78 Å². The third kappa shape index (κ3) is 3.26. The molecule has 2 aromatic rings. The summed E-state index contributed by atoms with van der Waals surface area (Å²) in [5, 5.41) is 13.6. The highest BCUT2D eigenvalue weighted by Gasteiger charge is 2.11. The summed E-state index contributed by atoms with van der Waals surface area (Å²) in [6.45, 7) is 1.28. The van der Waals surface area contributed by atoms with Crippen LogP contribution in [0.25, 0.3) is 0 Å². The summed E-state index contributed by atoms with van der Waals surface area (Å²) >= 11 is 0. The summed E-state index contributed by atoms with van der Waals surface area (Å²) in [4.78, 5) is 0. The first kappa shape index (κ1) is 13.4. The number of nitrogens with zero attached hydrogens (tertiary/aromatic N) is 2. The van der Waals surface area contributed by atoms with E-state index in [-0.39, 0.29) is 5.75 Å². The van der Waals surface area contributed by atoms with Gasteiger partial charge in [-0.25, -0.2) is 4.68 Å². The molecule has 0 saturated carbocycles. The number of phenols is 1. The molecule has 5 heteroatoms. The molecule has 0 bridgehead atoms. The van der Waals surface area contributed by atoms with Crippen LogP contribution in [0.1, 0.15) is 17.5 Å². The molecule has 1 aromatic carbocycles. The van der Waals surface area contributed by atoms with Gasteiger partial charge < -0.3 is 15.6 Å². The first-order chi connectivity index (χ1) is 9.24. The molecule has 0 spiro atoms. The Morgan fingerprint density at radius 3 is 2.68 bits per heavy atom. The molecule has 0 aliphatic heterocycles. The highest BCUT2D eigenvalue weighted by atomic mass is 16.5. The number of nitrogens with two attached hydrogens (primary N) is 1. The number of hydrogen-bond donors (Lipinski definition) is 2. The molecule has 102 valence electrons. The number of ether oxygens (including phenoxy) is 1. The lowest BCUT2D eigenvalue weighted by molar-refractivity contribution is 0.362. The summed E-state index contributed by atoms with van der Waals surface area (Å²) in [5.74, 6) is 1.04. The van der Waals surface area contributed by atoms with Crippen molar-refractivity contribution in [2.75, 3.05) is 13.7 Å². The number of aryl methyl sites for hydroxylation is 1. The van der Waals surface area contributed by atoms with Gasteiger partial charge in [0.1, 0.15) is 5.75 Å². The molecule has 0 aliphatic rings. The second kappa shape index (κ2) is 6.24. The quantitative estimate of drug-likeness (QED) is 0.827. The molecular weight excluding hydrogens is 242 g/mol. The highest BCUT2D eigenvalue weighted by Crippen LogP contribution is 2.21. The maximum Gasteiger partial charge on any atom is 0.215 e. The number of phenolic OH excluding ortho intramolecular Hbond substituents is 1. The Morgan fingerprint density at radius 1 is 1.32 bits per heavy atom. The monoisotopic (exact) mass is 261 g/mol. The normalized spacial score (nSPS) is 10.6. The van der Waals surface area contributed by atoms with Gasteiger partial charge in [-0.15, -0.1) is 0 Å². The Kier molecular flexibility index (Phi) is 4.41. The zero-order valence-electron chi connectivity index (χ0n) is 11.0. The summed E-state index contributed by atoms with van der Waals surface area (Å²) < 4.78 is 7.24. The first-order valence-corrected chi connectivity index (χ1v) is 6.31. The van der Waals surface area contributed by atoms with Crippen LogP contribution < -0.4 is 10.5 Å². The SMILES string of the molecule is COc1c(CCCN)cnn1Cc1ccc(O)cc1. The summed E-state index contributed by atoms with van der Waals surface area (Å²) in [6, 6.07) is 7.08. The van der Waals surface area contributed by atoms with E-state index in [1.165, 1.54) is 0 Å². The average Bonchev–Trinajstić information content (AvgIpc) is 2.81. The highest BCUT2D eigenvalue weighted by molar-refractivity contribution is 5.29. The Hall–Kier alpha value is -2.01. The fourth-order valence-electron chi connectivity index (χ4n) is 2.00. The Labute approximate surface area is 112 Å². The lowest BCUT2D eigenvalue weighted by atomic mass is 10.2. The smallest absolute Gasteiger partial charge is 0.215 e. The van der Waals surface area contributed by atoms with Gasteiger partial charge in [-0.1, -0.05) is 12.1 Å². The third-order valence-corrected chi connectivity index (χ3v) is 2.97. The van der Waals surface area contributed by atoms with Crippen molar-refractivity contribution < 1.29 is 9.84 Å². The minimum Gasteiger partial charge on any atom is -0.508 e. The van der Waals surface area contributed by atoms with Crippen LogP contribution in [-0.2, 0) is 13.0 Å². The van der Waals surface area contributed by atoms with E-state index < -0.39 is 0 Å². The van der Waals surface area contributed by atoms with E-state index in [0.29, 0.717) is 13.1 Å². The largest absolute Gasteiger partial charge is 0.508 e. The fourth-order valence-corrected chi connectivity index (χ4v) is 2.00. The molecule has 1 heterocycles. The van der Waals surface area contributed by atoms with E-state index in [9.17, 15) is 5.11 Å². The molecule has 0 radical (unpaired) electrons. The Bertz CT molecular complexity index is 520. The van der Waals surface area contributed by atoms with Gasteiger partial charge >= 0.3 is 0 Å². The first-order valence-electron chi connectivity index (χ1n) is 6.31. The van der Waals surface area contributed by atoms with E-state index in [1.54, 1.807) is 19.2 Å². The van der Waals surface area contributed by atoms with Crippen molar-refractivity contribution in [3.63, 3.8) is 0 Å². The van der Waals surface area contributed by atoms with Crippen LogP contribution in [0.15, 0.2) is 30.5 Å². The van der Waals surface area contributed by atoms with Crippen LogP contribution in [0.2, 0.25) is 0 Å². The van der Waals surface area contributed by atoms with Crippen molar-refractivity contribution >= 4 is 0 Å². The van der Waals surface area contributed by atoms with Gasteiger partial charge in [-0.2, -0.15) is 5.10 Å². The molecule has 2 rings (SSSR count). The van der Waals surface area contributed by atoms with Gasteiger partial charge in [0.25, 0.3) is 0 Å². The predicted molar refractivity (Wildman–Crippen MR) is 73.4 cm³/mol. The number of aromatic hydroxyl groups is 1. The molecule has 0 saturated heterocycles. The minimum atomic E-state index is 0.264. The number of hydrogen-bond acceptors (Lipinski definition) is 4. The van der Waals surface area contributed by atoms with Gasteiger partial charge in [0.05, 0.1) is 19.9 Å². The average molecular weight is 261 g/mol. The van der Waals surface area contributed by atoms with Gasteiger partial charge in [-0.3, -0.25) is 0 Å². The molecule has 5 nitrogen and oxygen atoms in total. The van der Waals surface area contributed by atoms with Crippen molar-refractivity contribution in [3.8, 4) is 11.6 Å². The Morgan fingerprint density at radius 2 is 2.05 bits per heavy atom. The van der Waals surface area contributed by atoms with Gasteiger partial charge in [-0.05, 0) is 37.1 Å². The second-order valence-corrected chi connectivity index (χ2v) is 4.40. The van der Waals surface area contributed by atoms with E-state index >= 15 is 0 Å². The van der Waals surface area contributed by atoms with E-state index in [2.05, 4.69) is 5.10 Å². The molecule has 1 aromatic heterocycles. The van der Waals surface area contributed by atoms with Crippen LogP contribution >= 0.6 is 0 Å². The summed E-state index contributed by atoms with van der Waals surface area (Å²) in [5.41, 5.74) is 7.66. The number of rotatable bonds is 6. The van der Waals surface area contributed by atoms with Crippen molar-refractivity contribution in [1.29, 1.82) is 0 Å². The minimum absolute atomic E-state index is 0.264. The molecule has 0 aliphatic carbocycles. The van der Waals surface area contributed by atoms with E-state index in [1.807, 2.05) is 23.0 Å². The van der Waals surface area contributed by atoms with Crippen LogP contribution in [-0.4, -0.2) is 28.5 Å². The number of benzene rings is 1. The number of methoxy groups -OCH3 is 1.